The van der Waals surface area contributed by atoms with Crippen molar-refractivity contribution in [2.24, 2.45) is 0 Å². The zero-order valence-corrected chi connectivity index (χ0v) is 17.7. The summed E-state index contributed by atoms with van der Waals surface area (Å²) in [6, 6.07) is 7.02. The second kappa shape index (κ2) is 15.9. The van der Waals surface area contributed by atoms with Gasteiger partial charge < -0.3 is 4.74 Å². The van der Waals surface area contributed by atoms with Crippen LogP contribution in [0.15, 0.2) is 24.3 Å². The summed E-state index contributed by atoms with van der Waals surface area (Å²) in [5.74, 6) is 5.12. The third kappa shape index (κ3) is 10.9. The summed E-state index contributed by atoms with van der Waals surface area (Å²) in [7, 11) is 1.34. The average molecular weight is 385 g/mol. The van der Waals surface area contributed by atoms with Crippen molar-refractivity contribution in [2.45, 2.75) is 90.4 Å². The van der Waals surface area contributed by atoms with Crippen molar-refractivity contribution < 1.29 is 14.3 Å². The van der Waals surface area contributed by atoms with Crippen molar-refractivity contribution >= 4 is 11.8 Å². The van der Waals surface area contributed by atoms with Crippen LogP contribution in [0.4, 0.5) is 0 Å². The molecule has 1 aromatic carbocycles. The molecule has 0 heterocycles. The van der Waals surface area contributed by atoms with Gasteiger partial charge in [-0.3, -0.25) is 4.79 Å². The highest BCUT2D eigenvalue weighted by atomic mass is 16.5. The molecule has 0 aliphatic heterocycles. The van der Waals surface area contributed by atoms with Gasteiger partial charge in [0.2, 0.25) is 5.78 Å². The largest absolute Gasteiger partial charge is 0.465 e. The van der Waals surface area contributed by atoms with Gasteiger partial charge in [0, 0.05) is 12.8 Å². The third-order valence-electron chi connectivity index (χ3n) is 4.91. The number of methoxy groups -OCH3 is 1. The molecule has 1 aromatic rings. The Morgan fingerprint density at radius 2 is 1.43 bits per heavy atom. The molecule has 0 unspecified atom stereocenters. The zero-order valence-electron chi connectivity index (χ0n) is 17.7. The van der Waals surface area contributed by atoms with E-state index in [0.29, 0.717) is 11.1 Å². The summed E-state index contributed by atoms with van der Waals surface area (Å²) in [5, 5.41) is 0. The Morgan fingerprint density at radius 1 is 0.857 bits per heavy atom. The third-order valence-corrected chi connectivity index (χ3v) is 4.91. The van der Waals surface area contributed by atoms with Crippen LogP contribution in [-0.4, -0.2) is 18.9 Å². The van der Waals surface area contributed by atoms with Crippen LogP contribution in [0.1, 0.15) is 99.9 Å². The minimum absolute atomic E-state index is 0.149. The van der Waals surface area contributed by atoms with Crippen molar-refractivity contribution in [1.29, 1.82) is 0 Å². The lowest BCUT2D eigenvalue weighted by Crippen LogP contribution is -2.09. The van der Waals surface area contributed by atoms with Crippen LogP contribution in [-0.2, 0) is 16.0 Å². The fourth-order valence-corrected chi connectivity index (χ4v) is 3.24. The monoisotopic (exact) mass is 384 g/mol. The van der Waals surface area contributed by atoms with Crippen LogP contribution < -0.4 is 0 Å². The number of ether oxygens (including phenoxy) is 1. The molecule has 0 atom stereocenters. The number of esters is 1. The molecule has 0 fully saturated rings. The standard InChI is InChI=1S/C25H36O3/c1-3-4-5-6-7-8-9-10-11-12-13-14-15-19-23(26)21-22-18-16-17-20-24(22)25(27)28-2/h16-18,20H,3-14,21H2,1-2H3. The second-order valence-electron chi connectivity index (χ2n) is 7.34. The second-order valence-corrected chi connectivity index (χ2v) is 7.34. The van der Waals surface area contributed by atoms with Crippen molar-refractivity contribution in [3.63, 3.8) is 0 Å². The number of rotatable bonds is 14. The van der Waals surface area contributed by atoms with Crippen molar-refractivity contribution in [3.8, 4) is 11.8 Å². The summed E-state index contributed by atoms with van der Waals surface area (Å²) in [6.45, 7) is 2.25. The van der Waals surface area contributed by atoms with Crippen molar-refractivity contribution in [2.75, 3.05) is 7.11 Å². The van der Waals surface area contributed by atoms with E-state index < -0.39 is 5.97 Å². The molecule has 0 radical (unpaired) electrons. The molecule has 3 nitrogen and oxygen atoms in total. The number of hydrogen-bond acceptors (Lipinski definition) is 3. The van der Waals surface area contributed by atoms with E-state index in [-0.39, 0.29) is 12.2 Å². The Bertz CT molecular complexity index is 637. The highest BCUT2D eigenvalue weighted by molar-refractivity contribution is 5.99. The molecule has 0 aliphatic carbocycles. The molecule has 0 saturated carbocycles. The predicted molar refractivity (Wildman–Crippen MR) is 115 cm³/mol. The van der Waals surface area contributed by atoms with Gasteiger partial charge >= 0.3 is 5.97 Å². The van der Waals surface area contributed by atoms with Crippen molar-refractivity contribution in [1.82, 2.24) is 0 Å². The van der Waals surface area contributed by atoms with E-state index in [0.717, 1.165) is 12.8 Å². The van der Waals surface area contributed by atoms with E-state index in [2.05, 4.69) is 18.8 Å². The molecule has 0 saturated heterocycles. The van der Waals surface area contributed by atoms with E-state index in [4.69, 9.17) is 4.74 Å². The van der Waals surface area contributed by atoms with Gasteiger partial charge in [0.05, 0.1) is 12.7 Å². The fourth-order valence-electron chi connectivity index (χ4n) is 3.24. The molecule has 28 heavy (non-hydrogen) atoms. The molecule has 3 heteroatoms. The van der Waals surface area contributed by atoms with Crippen LogP contribution in [0.5, 0.6) is 0 Å². The number of carbonyl (C=O) groups is 2. The molecule has 0 bridgehead atoms. The van der Waals surface area contributed by atoms with E-state index in [1.165, 1.54) is 71.3 Å². The van der Waals surface area contributed by atoms with E-state index >= 15 is 0 Å². The lowest BCUT2D eigenvalue weighted by molar-refractivity contribution is -0.113. The number of carbonyl (C=O) groups excluding carboxylic acids is 2. The highest BCUT2D eigenvalue weighted by Gasteiger charge is 2.12. The average Bonchev–Trinajstić information content (AvgIpc) is 2.71. The molecule has 0 amide bonds. The Balaban J connectivity index is 2.13. The Labute approximate surface area is 171 Å². The number of ketones is 1. The lowest BCUT2D eigenvalue weighted by Gasteiger charge is -2.04. The highest BCUT2D eigenvalue weighted by Crippen LogP contribution is 2.12. The molecule has 0 spiro atoms. The summed E-state index contributed by atoms with van der Waals surface area (Å²) in [5.41, 5.74) is 1.11. The summed E-state index contributed by atoms with van der Waals surface area (Å²) in [4.78, 5) is 23.8. The van der Waals surface area contributed by atoms with Crippen LogP contribution >= 0.6 is 0 Å². The maximum Gasteiger partial charge on any atom is 0.338 e. The number of Topliss-reactive ketones (excluding diaryl/α,β-unsaturated/α-hetero) is 1. The first-order chi connectivity index (χ1) is 13.7. The number of unbranched alkanes of at least 4 members (excludes halogenated alkanes) is 11. The molecule has 154 valence electrons. The number of hydrogen-bond donors (Lipinski definition) is 0. The van der Waals surface area contributed by atoms with Crippen LogP contribution in [0.3, 0.4) is 0 Å². The molecule has 1 rings (SSSR count). The van der Waals surface area contributed by atoms with Gasteiger partial charge in [-0.1, -0.05) is 95.3 Å². The summed E-state index contributed by atoms with van der Waals surface area (Å²) < 4.78 is 4.75. The molecule has 0 aromatic heterocycles. The van der Waals surface area contributed by atoms with Crippen molar-refractivity contribution in [3.05, 3.63) is 35.4 Å². The Morgan fingerprint density at radius 3 is 2.04 bits per heavy atom. The minimum Gasteiger partial charge on any atom is -0.465 e. The van der Waals surface area contributed by atoms with E-state index in [9.17, 15) is 9.59 Å². The van der Waals surface area contributed by atoms with Gasteiger partial charge in [0.1, 0.15) is 0 Å². The van der Waals surface area contributed by atoms with Gasteiger partial charge in [-0.2, -0.15) is 0 Å². The topological polar surface area (TPSA) is 43.4 Å². The molecular formula is C25H36O3. The zero-order chi connectivity index (χ0) is 20.5. The summed E-state index contributed by atoms with van der Waals surface area (Å²) in [6.07, 6.45) is 15.3. The molecule has 0 N–H and O–H groups in total. The Kier molecular flexibility index (Phi) is 13.6. The van der Waals surface area contributed by atoms with Crippen LogP contribution in [0.25, 0.3) is 0 Å². The molecular weight excluding hydrogens is 348 g/mol. The Hall–Kier alpha value is -2.08. The molecule has 0 aliphatic rings. The van der Waals surface area contributed by atoms with Crippen LogP contribution in [0, 0.1) is 11.8 Å². The van der Waals surface area contributed by atoms with Gasteiger partial charge in [-0.25, -0.2) is 4.79 Å². The van der Waals surface area contributed by atoms with Crippen LogP contribution in [0.2, 0.25) is 0 Å². The van der Waals surface area contributed by atoms with Gasteiger partial charge in [-0.15, -0.1) is 0 Å². The first-order valence-corrected chi connectivity index (χ1v) is 10.9. The first kappa shape index (κ1) is 24.0. The van der Waals surface area contributed by atoms with Gasteiger partial charge in [0.25, 0.3) is 0 Å². The van der Waals surface area contributed by atoms with E-state index in [1.54, 1.807) is 18.2 Å². The summed E-state index contributed by atoms with van der Waals surface area (Å²) >= 11 is 0. The lowest BCUT2D eigenvalue weighted by atomic mass is 10.0. The quantitative estimate of drug-likeness (QED) is 0.164. The van der Waals surface area contributed by atoms with Gasteiger partial charge in [-0.05, 0) is 24.0 Å². The predicted octanol–water partition coefficient (Wildman–Crippen LogP) is 6.29. The first-order valence-electron chi connectivity index (χ1n) is 10.9. The number of benzene rings is 1. The normalized spacial score (nSPS) is 10.2. The smallest absolute Gasteiger partial charge is 0.338 e. The fraction of sp³-hybridized carbons (Fsp3) is 0.600. The van der Waals surface area contributed by atoms with Gasteiger partial charge in [0.15, 0.2) is 0 Å². The van der Waals surface area contributed by atoms with E-state index in [1.807, 2.05) is 6.07 Å². The maximum absolute atomic E-state index is 12.1. The maximum atomic E-state index is 12.1. The SMILES string of the molecule is CCCCCCCCCCCCCC#CC(=O)Cc1ccccc1C(=O)OC. The minimum atomic E-state index is -0.419.